The van der Waals surface area contributed by atoms with Gasteiger partial charge in [-0.15, -0.1) is 22.7 Å². The number of rotatable bonds is 5. The Morgan fingerprint density at radius 3 is 2.93 bits per heavy atom. The second-order valence-electron chi connectivity index (χ2n) is 6.65. The molecule has 1 N–H and O–H groups in total. The maximum Gasteiger partial charge on any atom is 0.231 e. The zero-order chi connectivity index (χ0) is 19.9. The van der Waals surface area contributed by atoms with Gasteiger partial charge in [0.05, 0.1) is 44.6 Å². The molecule has 1 aliphatic rings. The van der Waals surface area contributed by atoms with Crippen molar-refractivity contribution in [3.63, 3.8) is 0 Å². The topological polar surface area (TPSA) is 94.0 Å². The van der Waals surface area contributed by atoms with Crippen LogP contribution in [0.3, 0.4) is 0 Å². The van der Waals surface area contributed by atoms with Gasteiger partial charge in [0, 0.05) is 11.4 Å². The molecule has 0 bridgehead atoms. The van der Waals surface area contributed by atoms with Crippen LogP contribution in [0.5, 0.6) is 0 Å². The first-order valence-electron chi connectivity index (χ1n) is 8.55. The number of aromatic nitrogens is 3. The molecule has 1 saturated heterocycles. The monoisotopic (exact) mass is 456 g/mol. The average Bonchev–Trinajstić information content (AvgIpc) is 3.36. The van der Waals surface area contributed by atoms with Gasteiger partial charge in [-0.25, -0.2) is 18.1 Å². The minimum Gasteiger partial charge on any atom is -0.311 e. The molecule has 7 nitrogen and oxygen atoms in total. The number of carbonyl (C=O) groups excluding carboxylic acids is 1. The number of thiazole rings is 1. The van der Waals surface area contributed by atoms with Gasteiger partial charge in [-0.1, -0.05) is 11.6 Å². The van der Waals surface area contributed by atoms with E-state index in [0.717, 1.165) is 15.6 Å². The quantitative estimate of drug-likeness (QED) is 0.633. The molecule has 1 aliphatic heterocycles. The number of halogens is 1. The van der Waals surface area contributed by atoms with Crippen molar-refractivity contribution < 1.29 is 13.2 Å². The number of hydrogen-bond acceptors (Lipinski definition) is 7. The second kappa shape index (κ2) is 7.58. The van der Waals surface area contributed by atoms with Crippen molar-refractivity contribution in [1.82, 2.24) is 14.8 Å². The summed E-state index contributed by atoms with van der Waals surface area (Å²) in [5, 5.41) is 9.91. The van der Waals surface area contributed by atoms with Crippen molar-refractivity contribution in [3.05, 3.63) is 39.3 Å². The standard InChI is InChI=1S/C17H17ClN4O3S3/c1-10-6-15(22(21-10)12-4-5-28(24,25)9-12)20-16(23)7-11-8-26-17(19-11)13-2-3-14(18)27-13/h2-3,6,8,12H,4-5,7,9H2,1H3,(H,20,23). The molecular weight excluding hydrogens is 440 g/mol. The maximum absolute atomic E-state index is 12.5. The number of sulfone groups is 1. The van der Waals surface area contributed by atoms with Crippen LogP contribution in [0.15, 0.2) is 23.6 Å². The number of hydrogen-bond donors (Lipinski definition) is 1. The molecule has 1 unspecified atom stereocenters. The van der Waals surface area contributed by atoms with Crippen molar-refractivity contribution in [2.75, 3.05) is 16.8 Å². The normalized spacial score (nSPS) is 18.4. The van der Waals surface area contributed by atoms with Crippen molar-refractivity contribution in [1.29, 1.82) is 0 Å². The van der Waals surface area contributed by atoms with Gasteiger partial charge in [0.2, 0.25) is 5.91 Å². The van der Waals surface area contributed by atoms with Crippen LogP contribution in [-0.4, -0.2) is 40.6 Å². The Morgan fingerprint density at radius 2 is 2.25 bits per heavy atom. The van der Waals surface area contributed by atoms with Gasteiger partial charge in [-0.3, -0.25) is 4.79 Å². The third-order valence-corrected chi connectivity index (χ3v) is 8.40. The summed E-state index contributed by atoms with van der Waals surface area (Å²) in [5.74, 6) is 0.502. The van der Waals surface area contributed by atoms with Crippen molar-refractivity contribution in [2.24, 2.45) is 0 Å². The number of anilines is 1. The first-order chi connectivity index (χ1) is 13.3. The van der Waals surface area contributed by atoms with Gasteiger partial charge in [0.1, 0.15) is 10.8 Å². The smallest absolute Gasteiger partial charge is 0.231 e. The van der Waals surface area contributed by atoms with E-state index in [2.05, 4.69) is 15.4 Å². The van der Waals surface area contributed by atoms with E-state index < -0.39 is 9.84 Å². The molecule has 1 amide bonds. The predicted molar refractivity (Wildman–Crippen MR) is 112 cm³/mol. The Balaban J connectivity index is 1.45. The zero-order valence-electron chi connectivity index (χ0n) is 14.9. The van der Waals surface area contributed by atoms with Gasteiger partial charge in [0.25, 0.3) is 0 Å². The highest BCUT2D eigenvalue weighted by Crippen LogP contribution is 2.33. The minimum absolute atomic E-state index is 0.0514. The molecule has 0 saturated carbocycles. The van der Waals surface area contributed by atoms with E-state index in [-0.39, 0.29) is 29.9 Å². The van der Waals surface area contributed by atoms with E-state index >= 15 is 0 Å². The van der Waals surface area contributed by atoms with E-state index in [1.54, 1.807) is 10.7 Å². The molecule has 0 radical (unpaired) electrons. The fourth-order valence-corrected chi connectivity index (χ4v) is 6.77. The summed E-state index contributed by atoms with van der Waals surface area (Å²) in [6.45, 7) is 1.81. The van der Waals surface area contributed by atoms with Crippen LogP contribution in [0.2, 0.25) is 4.34 Å². The van der Waals surface area contributed by atoms with Crippen molar-refractivity contribution >= 4 is 55.8 Å². The predicted octanol–water partition coefficient (Wildman–Crippen LogP) is 3.57. The summed E-state index contributed by atoms with van der Waals surface area (Å²) in [7, 11) is -3.04. The lowest BCUT2D eigenvalue weighted by Gasteiger charge is -2.13. The van der Waals surface area contributed by atoms with E-state index in [1.165, 1.54) is 22.7 Å². The summed E-state index contributed by atoms with van der Waals surface area (Å²) in [6, 6.07) is 5.24. The van der Waals surface area contributed by atoms with E-state index in [1.807, 2.05) is 24.4 Å². The van der Waals surface area contributed by atoms with Crippen LogP contribution in [0.1, 0.15) is 23.9 Å². The molecule has 11 heteroatoms. The van der Waals surface area contributed by atoms with E-state index in [9.17, 15) is 13.2 Å². The highest BCUT2D eigenvalue weighted by molar-refractivity contribution is 7.91. The average molecular weight is 457 g/mol. The highest BCUT2D eigenvalue weighted by Gasteiger charge is 2.31. The maximum atomic E-state index is 12.5. The molecule has 1 fully saturated rings. The van der Waals surface area contributed by atoms with E-state index in [0.29, 0.717) is 22.3 Å². The zero-order valence-corrected chi connectivity index (χ0v) is 18.1. The Bertz CT molecular complexity index is 1130. The van der Waals surface area contributed by atoms with Crippen LogP contribution < -0.4 is 5.32 Å². The van der Waals surface area contributed by atoms with Crippen molar-refractivity contribution in [2.45, 2.75) is 25.8 Å². The molecule has 3 aromatic heterocycles. The van der Waals surface area contributed by atoms with Crippen LogP contribution in [0.25, 0.3) is 9.88 Å². The van der Waals surface area contributed by atoms with Crippen molar-refractivity contribution in [3.8, 4) is 9.88 Å². The van der Waals surface area contributed by atoms with Crippen LogP contribution >= 0.6 is 34.3 Å². The molecule has 4 rings (SSSR count). The number of thiophene rings is 1. The molecule has 148 valence electrons. The lowest BCUT2D eigenvalue weighted by atomic mass is 10.2. The number of carbonyl (C=O) groups is 1. The van der Waals surface area contributed by atoms with Gasteiger partial charge in [-0.05, 0) is 25.5 Å². The fraction of sp³-hybridized carbons (Fsp3) is 0.353. The summed E-state index contributed by atoms with van der Waals surface area (Å²) in [6.07, 6.45) is 0.633. The molecule has 28 heavy (non-hydrogen) atoms. The van der Waals surface area contributed by atoms with Crippen LogP contribution in [-0.2, 0) is 21.1 Å². The molecule has 0 spiro atoms. The van der Waals surface area contributed by atoms with Crippen LogP contribution in [0, 0.1) is 6.92 Å². The SMILES string of the molecule is Cc1cc(NC(=O)Cc2csc(-c3ccc(Cl)s3)n2)n(C2CCS(=O)(=O)C2)n1. The summed E-state index contributed by atoms with van der Waals surface area (Å²) < 4.78 is 25.9. The van der Waals surface area contributed by atoms with Gasteiger partial charge < -0.3 is 5.32 Å². The Kier molecular flexibility index (Phi) is 5.30. The minimum atomic E-state index is -3.04. The number of nitrogens with zero attached hydrogens (tertiary/aromatic N) is 3. The summed E-state index contributed by atoms with van der Waals surface area (Å²) in [4.78, 5) is 18.0. The molecule has 0 aliphatic carbocycles. The first-order valence-corrected chi connectivity index (χ1v) is 12.5. The molecule has 3 aromatic rings. The third-order valence-electron chi connectivity index (χ3n) is 4.36. The van der Waals surface area contributed by atoms with Gasteiger partial charge in [-0.2, -0.15) is 5.10 Å². The Labute approximate surface area is 175 Å². The van der Waals surface area contributed by atoms with Crippen LogP contribution in [0.4, 0.5) is 5.82 Å². The lowest BCUT2D eigenvalue weighted by molar-refractivity contribution is -0.115. The first kappa shape index (κ1) is 19.6. The highest BCUT2D eigenvalue weighted by atomic mass is 35.5. The Hall–Kier alpha value is -1.75. The summed E-state index contributed by atoms with van der Waals surface area (Å²) in [5.41, 5.74) is 1.40. The van der Waals surface area contributed by atoms with Gasteiger partial charge in [0.15, 0.2) is 9.84 Å². The van der Waals surface area contributed by atoms with Gasteiger partial charge >= 0.3 is 0 Å². The number of nitrogens with one attached hydrogen (secondary N) is 1. The Morgan fingerprint density at radius 1 is 1.43 bits per heavy atom. The molecular formula is C17H17ClN4O3S3. The summed E-state index contributed by atoms with van der Waals surface area (Å²) >= 11 is 8.88. The third kappa shape index (κ3) is 4.29. The fourth-order valence-electron chi connectivity index (χ4n) is 3.14. The molecule has 0 aromatic carbocycles. The largest absolute Gasteiger partial charge is 0.311 e. The number of amides is 1. The molecule has 4 heterocycles. The number of aryl methyl sites for hydroxylation is 1. The molecule has 1 atom stereocenters. The second-order valence-corrected chi connectivity index (χ2v) is 11.4. The van der Waals surface area contributed by atoms with E-state index in [4.69, 9.17) is 11.6 Å². The lowest BCUT2D eigenvalue weighted by Crippen LogP contribution is -2.20.